The number of anilines is 2. The highest BCUT2D eigenvalue weighted by atomic mass is 32.2. The molecule has 6 heteroatoms. The van der Waals surface area contributed by atoms with Crippen LogP contribution in [0, 0.1) is 19.7 Å². The van der Waals surface area contributed by atoms with E-state index in [1.165, 1.54) is 17.8 Å². The van der Waals surface area contributed by atoms with E-state index in [0.29, 0.717) is 10.4 Å². The van der Waals surface area contributed by atoms with Crippen LogP contribution in [-0.4, -0.2) is 19.9 Å². The Kier molecular flexibility index (Phi) is 4.25. The number of aromatic nitrogens is 3. The molecule has 2 aromatic heterocycles. The zero-order chi connectivity index (χ0) is 17.5. The molecule has 126 valence electrons. The second kappa shape index (κ2) is 6.09. The molecule has 0 aliphatic rings. The Balaban J connectivity index is 2.08. The van der Waals surface area contributed by atoms with Gasteiger partial charge in [0.25, 0.3) is 0 Å². The fourth-order valence-corrected chi connectivity index (χ4v) is 3.39. The van der Waals surface area contributed by atoms with Crippen molar-refractivity contribution in [2.45, 2.75) is 44.3 Å². The monoisotopic (exact) mass is 344 g/mol. The van der Waals surface area contributed by atoms with Gasteiger partial charge in [0.15, 0.2) is 5.82 Å². The number of nitrogens with one attached hydrogen (secondary N) is 2. The zero-order valence-electron chi connectivity index (χ0n) is 14.5. The van der Waals surface area contributed by atoms with Gasteiger partial charge in [0.05, 0.1) is 11.2 Å². The minimum absolute atomic E-state index is 0.0692. The summed E-state index contributed by atoms with van der Waals surface area (Å²) in [7, 11) is 0. The number of halogens is 1. The summed E-state index contributed by atoms with van der Waals surface area (Å²) in [4.78, 5) is 4.92. The molecule has 3 aromatic rings. The molecule has 3 rings (SSSR count). The van der Waals surface area contributed by atoms with Crippen molar-refractivity contribution in [2.24, 2.45) is 0 Å². The lowest BCUT2D eigenvalue weighted by Gasteiger charge is -2.18. The van der Waals surface area contributed by atoms with Gasteiger partial charge in [-0.2, -0.15) is 5.10 Å². The van der Waals surface area contributed by atoms with Gasteiger partial charge in [0.1, 0.15) is 5.82 Å². The van der Waals surface area contributed by atoms with Crippen molar-refractivity contribution in [2.75, 3.05) is 5.32 Å². The molecule has 0 atom stereocenters. The third kappa shape index (κ3) is 3.38. The maximum atomic E-state index is 14.4. The first-order chi connectivity index (χ1) is 11.2. The van der Waals surface area contributed by atoms with Gasteiger partial charge in [0.2, 0.25) is 0 Å². The van der Waals surface area contributed by atoms with Gasteiger partial charge in [-0.25, -0.2) is 4.39 Å². The number of aryl methyl sites for hydroxylation is 1. The van der Waals surface area contributed by atoms with Crippen LogP contribution in [0.1, 0.15) is 32.0 Å². The number of H-pyrrole nitrogens is 1. The highest BCUT2D eigenvalue weighted by molar-refractivity contribution is 8.00. The molecule has 4 nitrogen and oxygen atoms in total. The van der Waals surface area contributed by atoms with Crippen LogP contribution in [0.5, 0.6) is 0 Å². The third-order valence-corrected chi connectivity index (χ3v) is 4.86. The molecule has 0 unspecified atom stereocenters. The Hall–Kier alpha value is -2.08. The first-order valence-electron chi connectivity index (χ1n) is 7.80. The van der Waals surface area contributed by atoms with Crippen LogP contribution >= 0.6 is 11.8 Å². The van der Waals surface area contributed by atoms with Gasteiger partial charge in [-0.1, -0.05) is 20.8 Å². The molecule has 0 radical (unpaired) electrons. The molecular formula is C18H21FN4S. The standard InChI is InChI=1S/C18H21FN4S/c1-10-11(2)22-23-17(10)21-14-6-7-20-15-9-13(19)16(8-12(14)15)24-18(3,4)5/h6-9H,1-5H3,(H2,20,21,22,23). The molecule has 24 heavy (non-hydrogen) atoms. The lowest BCUT2D eigenvalue weighted by Crippen LogP contribution is -2.07. The molecule has 2 N–H and O–H groups in total. The molecule has 0 aliphatic heterocycles. The lowest BCUT2D eigenvalue weighted by atomic mass is 10.1. The van der Waals surface area contributed by atoms with E-state index in [0.717, 1.165) is 28.1 Å². The number of nitrogens with zero attached hydrogens (tertiary/aromatic N) is 2. The van der Waals surface area contributed by atoms with Crippen LogP contribution in [0.25, 0.3) is 10.9 Å². The van der Waals surface area contributed by atoms with Gasteiger partial charge in [-0.3, -0.25) is 10.1 Å². The number of benzene rings is 1. The summed E-state index contributed by atoms with van der Waals surface area (Å²) in [6.07, 6.45) is 1.68. The second-order valence-electron chi connectivity index (χ2n) is 6.82. The van der Waals surface area contributed by atoms with E-state index in [4.69, 9.17) is 0 Å². The molecular weight excluding hydrogens is 323 g/mol. The zero-order valence-corrected chi connectivity index (χ0v) is 15.3. The maximum absolute atomic E-state index is 14.4. The van der Waals surface area contributed by atoms with E-state index in [9.17, 15) is 4.39 Å². The topological polar surface area (TPSA) is 53.6 Å². The largest absolute Gasteiger partial charge is 0.338 e. The number of hydrogen-bond acceptors (Lipinski definition) is 4. The van der Waals surface area contributed by atoms with Crippen LogP contribution < -0.4 is 5.32 Å². The van der Waals surface area contributed by atoms with Crippen molar-refractivity contribution < 1.29 is 4.39 Å². The highest BCUT2D eigenvalue weighted by Gasteiger charge is 2.17. The lowest BCUT2D eigenvalue weighted by molar-refractivity contribution is 0.602. The first kappa shape index (κ1) is 16.8. The summed E-state index contributed by atoms with van der Waals surface area (Å²) in [5, 5.41) is 11.5. The molecule has 0 spiro atoms. The van der Waals surface area contributed by atoms with Crippen LogP contribution in [-0.2, 0) is 0 Å². The Morgan fingerprint density at radius 1 is 1.21 bits per heavy atom. The van der Waals surface area contributed by atoms with Gasteiger partial charge in [-0.15, -0.1) is 11.8 Å². The SMILES string of the molecule is Cc1[nH]nc(Nc2ccnc3cc(F)c(SC(C)(C)C)cc23)c1C. The average Bonchev–Trinajstić information content (AvgIpc) is 2.79. The summed E-state index contributed by atoms with van der Waals surface area (Å²) in [6, 6.07) is 5.25. The quantitative estimate of drug-likeness (QED) is 0.629. The molecule has 0 aliphatic carbocycles. The number of aromatic amines is 1. The van der Waals surface area contributed by atoms with Crippen LogP contribution in [0.15, 0.2) is 29.3 Å². The van der Waals surface area contributed by atoms with Crippen molar-refractivity contribution in [1.82, 2.24) is 15.2 Å². The van der Waals surface area contributed by atoms with Crippen molar-refractivity contribution in [1.29, 1.82) is 0 Å². The normalized spacial score (nSPS) is 11.9. The summed E-state index contributed by atoms with van der Waals surface area (Å²) in [5.74, 6) is 0.535. The van der Waals surface area contributed by atoms with E-state index >= 15 is 0 Å². The van der Waals surface area contributed by atoms with Crippen molar-refractivity contribution in [3.8, 4) is 0 Å². The summed E-state index contributed by atoms with van der Waals surface area (Å²) in [6.45, 7) is 10.2. The van der Waals surface area contributed by atoms with Gasteiger partial charge >= 0.3 is 0 Å². The number of fused-ring (bicyclic) bond motifs is 1. The first-order valence-corrected chi connectivity index (χ1v) is 8.62. The predicted octanol–water partition coefficient (Wildman–Crippen LogP) is 5.35. The highest BCUT2D eigenvalue weighted by Crippen LogP contribution is 2.37. The van der Waals surface area contributed by atoms with Gasteiger partial charge in [-0.05, 0) is 26.0 Å². The fourth-order valence-electron chi connectivity index (χ4n) is 2.40. The Morgan fingerprint density at radius 3 is 2.58 bits per heavy atom. The maximum Gasteiger partial charge on any atom is 0.155 e. The van der Waals surface area contributed by atoms with Crippen LogP contribution in [0.4, 0.5) is 15.9 Å². The molecule has 0 saturated heterocycles. The minimum atomic E-state index is -0.237. The van der Waals surface area contributed by atoms with Crippen molar-refractivity contribution in [3.63, 3.8) is 0 Å². The molecule has 2 heterocycles. The Bertz CT molecular complexity index is 896. The number of hydrogen-bond donors (Lipinski definition) is 2. The predicted molar refractivity (Wildman–Crippen MR) is 98.7 cm³/mol. The third-order valence-electron chi connectivity index (χ3n) is 3.72. The number of pyridine rings is 1. The summed E-state index contributed by atoms with van der Waals surface area (Å²) < 4.78 is 14.3. The molecule has 0 amide bonds. The minimum Gasteiger partial charge on any atom is -0.338 e. The van der Waals surface area contributed by atoms with Crippen molar-refractivity contribution >= 4 is 34.2 Å². The Labute approximate surface area is 145 Å². The fraction of sp³-hybridized carbons (Fsp3) is 0.333. The van der Waals surface area contributed by atoms with E-state index in [2.05, 4.69) is 41.3 Å². The van der Waals surface area contributed by atoms with Crippen molar-refractivity contribution in [3.05, 3.63) is 41.5 Å². The summed E-state index contributed by atoms with van der Waals surface area (Å²) >= 11 is 1.51. The van der Waals surface area contributed by atoms with Gasteiger partial charge in [0, 0.05) is 38.5 Å². The molecule has 1 aromatic carbocycles. The van der Waals surface area contributed by atoms with Crippen LogP contribution in [0.3, 0.4) is 0 Å². The average molecular weight is 344 g/mol. The van der Waals surface area contributed by atoms with Gasteiger partial charge < -0.3 is 5.32 Å². The smallest absolute Gasteiger partial charge is 0.155 e. The Morgan fingerprint density at radius 2 is 1.96 bits per heavy atom. The van der Waals surface area contributed by atoms with E-state index in [1.807, 2.05) is 26.0 Å². The molecule has 0 fully saturated rings. The summed E-state index contributed by atoms with van der Waals surface area (Å²) in [5.41, 5.74) is 3.57. The van der Waals surface area contributed by atoms with E-state index < -0.39 is 0 Å². The molecule has 0 saturated carbocycles. The van der Waals surface area contributed by atoms with E-state index in [1.54, 1.807) is 6.20 Å². The second-order valence-corrected chi connectivity index (χ2v) is 8.69. The van der Waals surface area contributed by atoms with Crippen LogP contribution in [0.2, 0.25) is 0 Å². The van der Waals surface area contributed by atoms with E-state index in [-0.39, 0.29) is 10.6 Å². The number of rotatable bonds is 3. The molecule has 0 bridgehead atoms. The number of thioether (sulfide) groups is 1.